The largest absolute Gasteiger partial charge is 0.406 e. The van der Waals surface area contributed by atoms with Crippen LogP contribution < -0.4 is 20.7 Å². The number of halogens is 2. The molecule has 0 saturated heterocycles. The third-order valence-corrected chi connectivity index (χ3v) is 21.1. The van der Waals surface area contributed by atoms with E-state index in [9.17, 15) is 4.79 Å². The summed E-state index contributed by atoms with van der Waals surface area (Å²) in [7, 11) is -4.82. The second-order valence-corrected chi connectivity index (χ2v) is 24.6. The van der Waals surface area contributed by atoms with Crippen LogP contribution >= 0.6 is 27.0 Å². The number of hydrogen-bond donors (Lipinski definition) is 0. The fourth-order valence-electron chi connectivity index (χ4n) is 5.68. The Labute approximate surface area is 281 Å². The van der Waals surface area contributed by atoms with Gasteiger partial charge in [0, 0.05) is 12.0 Å². The molecule has 0 unspecified atom stereocenters. The predicted molar refractivity (Wildman–Crippen MR) is 200 cm³/mol. The van der Waals surface area contributed by atoms with Gasteiger partial charge in [-0.2, -0.15) is 11.1 Å². The molecule has 0 aliphatic heterocycles. The van der Waals surface area contributed by atoms with Gasteiger partial charge in [-0.25, -0.2) is 0 Å². The zero-order valence-corrected chi connectivity index (χ0v) is 31.9. The lowest BCUT2D eigenvalue weighted by Gasteiger charge is -2.44. The van der Waals surface area contributed by atoms with Crippen molar-refractivity contribution in [2.75, 3.05) is 11.9 Å². The van der Waals surface area contributed by atoms with E-state index in [2.05, 4.69) is 155 Å². The van der Waals surface area contributed by atoms with Crippen LogP contribution in [-0.2, 0) is 9.22 Å². The Morgan fingerprint density at radius 2 is 0.909 bits per heavy atom. The average molecular weight is 708 g/mol. The first-order valence-electron chi connectivity index (χ1n) is 15.3. The van der Waals surface area contributed by atoms with Gasteiger partial charge >= 0.3 is 0 Å². The summed E-state index contributed by atoms with van der Waals surface area (Å²) in [6.45, 7) is 17.8. The monoisotopic (exact) mass is 706 g/mol. The first-order chi connectivity index (χ1) is 20.6. The number of alkyl halides is 1. The summed E-state index contributed by atoms with van der Waals surface area (Å²) in [5.74, 6) is 0.162. The molecule has 0 aromatic heterocycles. The Bertz CT molecular complexity index is 1370. The molecule has 6 heteroatoms. The number of rotatable bonds is 9. The maximum atomic E-state index is 12.4. The number of hydrogen-bond acceptors (Lipinski definition) is 2. The first-order valence-corrected chi connectivity index (χ1v) is 21.3. The van der Waals surface area contributed by atoms with Crippen LogP contribution in [-0.4, -0.2) is 33.4 Å². The fourth-order valence-corrected chi connectivity index (χ4v) is 15.3. The summed E-state index contributed by atoms with van der Waals surface area (Å²) in [6.07, 6.45) is 0. The molecule has 0 radical (unpaired) electrons. The highest BCUT2D eigenvalue weighted by atomic mass is 79.9. The molecule has 4 rings (SSSR count). The summed E-state index contributed by atoms with van der Waals surface area (Å²) < 4.78 is 6.85. The van der Waals surface area contributed by atoms with Crippen LogP contribution in [0.25, 0.3) is 0 Å². The third-order valence-electron chi connectivity index (χ3n) is 8.32. The highest BCUT2D eigenvalue weighted by molar-refractivity contribution is 9.09. The second kappa shape index (κ2) is 14.9. The normalized spacial score (nSPS) is 12.7. The van der Waals surface area contributed by atoms with Gasteiger partial charge in [-0.1, -0.05) is 193 Å². The predicted octanol–water partition coefficient (Wildman–Crippen LogP) is 8.34. The molecule has 2 nitrogen and oxygen atoms in total. The Kier molecular flexibility index (Phi) is 12.2. The van der Waals surface area contributed by atoms with Gasteiger partial charge in [0.1, 0.15) is 0 Å². The highest BCUT2D eigenvalue weighted by Gasteiger charge is 2.51. The summed E-state index contributed by atoms with van der Waals surface area (Å²) >= 11 is 10.5. The van der Waals surface area contributed by atoms with E-state index in [-0.39, 0.29) is 15.9 Å². The topological polar surface area (TPSA) is 26.3 Å². The maximum Gasteiger partial charge on any atom is 0.261 e. The standard InChI is InChI=1S/C22H29BrO2Si.C16H19ClSi/c1-21(2,3)26(18-12-8-6-9-13-18,19-14-10-7-11-15-19)25-17-22(4,5)20(24)16-23;1-16(2,3)18(17,14-10-6-4-7-11-14)15-12-8-5-9-13-15/h6-15H,16-17H2,1-5H3;4-13H,1-3H3. The minimum absolute atomic E-state index is 0.0667. The maximum absolute atomic E-state index is 12.4. The molecular weight excluding hydrogens is 660 g/mol. The zero-order valence-electron chi connectivity index (χ0n) is 27.5. The van der Waals surface area contributed by atoms with Gasteiger partial charge in [0.05, 0.1) is 5.33 Å². The molecule has 44 heavy (non-hydrogen) atoms. The molecule has 4 aromatic rings. The van der Waals surface area contributed by atoms with Crippen LogP contribution in [0.15, 0.2) is 121 Å². The number of carbonyl (C=O) groups is 1. The van der Waals surface area contributed by atoms with Crippen LogP contribution in [0.3, 0.4) is 0 Å². The lowest BCUT2D eigenvalue weighted by atomic mass is 9.90. The number of carbonyl (C=O) groups excluding carboxylic acids is 1. The minimum atomic E-state index is -2.59. The summed E-state index contributed by atoms with van der Waals surface area (Å²) in [6, 6.07) is 42.1. The zero-order chi connectivity index (χ0) is 32.7. The molecule has 0 saturated carbocycles. The first kappa shape index (κ1) is 36.2. The molecule has 234 valence electrons. The molecule has 0 atom stereocenters. The van der Waals surface area contributed by atoms with Crippen molar-refractivity contribution in [2.24, 2.45) is 5.41 Å². The van der Waals surface area contributed by atoms with Crippen molar-refractivity contribution in [2.45, 2.75) is 65.5 Å². The van der Waals surface area contributed by atoms with E-state index in [0.717, 1.165) is 0 Å². The lowest BCUT2D eigenvalue weighted by molar-refractivity contribution is -0.125. The van der Waals surface area contributed by atoms with Gasteiger partial charge < -0.3 is 4.43 Å². The van der Waals surface area contributed by atoms with E-state index in [4.69, 9.17) is 15.5 Å². The van der Waals surface area contributed by atoms with Gasteiger partial charge in [-0.05, 0) is 30.8 Å². The molecule has 0 amide bonds. The van der Waals surface area contributed by atoms with Crippen LogP contribution in [0.1, 0.15) is 55.4 Å². The van der Waals surface area contributed by atoms with E-state index >= 15 is 0 Å². The van der Waals surface area contributed by atoms with Crippen molar-refractivity contribution in [3.8, 4) is 0 Å². The van der Waals surface area contributed by atoms with Gasteiger partial charge in [-0.3, -0.25) is 4.79 Å². The molecule has 0 spiro atoms. The number of ketones is 1. The van der Waals surface area contributed by atoms with Crippen molar-refractivity contribution in [1.29, 1.82) is 0 Å². The molecule has 0 aliphatic rings. The highest BCUT2D eigenvalue weighted by Crippen LogP contribution is 2.39. The molecule has 0 heterocycles. The Hall–Kier alpha value is -2.29. The van der Waals surface area contributed by atoms with Gasteiger partial charge in [0.25, 0.3) is 8.32 Å². The Morgan fingerprint density at radius 1 is 0.591 bits per heavy atom. The van der Waals surface area contributed by atoms with Crippen molar-refractivity contribution in [1.82, 2.24) is 0 Å². The number of Topliss-reactive ketones (excluding diaryl/α,β-unsaturated/α-hetero) is 1. The van der Waals surface area contributed by atoms with Crippen LogP contribution in [0.4, 0.5) is 0 Å². The Balaban J connectivity index is 0.000000257. The second-order valence-electron chi connectivity index (χ2n) is 14.0. The fraction of sp³-hybridized carbons (Fsp3) is 0.342. The van der Waals surface area contributed by atoms with E-state index < -0.39 is 21.1 Å². The molecule has 0 bridgehead atoms. The van der Waals surface area contributed by atoms with Crippen molar-refractivity contribution in [3.63, 3.8) is 0 Å². The van der Waals surface area contributed by atoms with Gasteiger partial charge in [0.15, 0.2) is 5.78 Å². The third kappa shape index (κ3) is 7.92. The lowest BCUT2D eigenvalue weighted by Crippen LogP contribution is -2.67. The van der Waals surface area contributed by atoms with Crippen molar-refractivity contribution in [3.05, 3.63) is 121 Å². The number of benzene rings is 4. The quantitative estimate of drug-likeness (QED) is 0.0994. The molecule has 0 fully saturated rings. The molecule has 0 aliphatic carbocycles. The smallest absolute Gasteiger partial charge is 0.261 e. The minimum Gasteiger partial charge on any atom is -0.406 e. The Morgan fingerprint density at radius 3 is 1.18 bits per heavy atom. The SMILES string of the molecule is CC(C)(C)[Si](Cl)(c1ccccc1)c1ccccc1.CC(C)(CO[Si](c1ccccc1)(c1ccccc1)C(C)(C)C)C(=O)CBr. The van der Waals surface area contributed by atoms with E-state index in [0.29, 0.717) is 11.9 Å². The summed E-state index contributed by atoms with van der Waals surface area (Å²) in [5, 5.41) is 5.38. The molecular formula is C38H48BrClO2Si2. The van der Waals surface area contributed by atoms with Crippen LogP contribution in [0.5, 0.6) is 0 Å². The van der Waals surface area contributed by atoms with Crippen LogP contribution in [0, 0.1) is 5.41 Å². The van der Waals surface area contributed by atoms with Crippen molar-refractivity contribution >= 4 is 69.2 Å². The van der Waals surface area contributed by atoms with E-state index in [1.165, 1.54) is 20.7 Å². The summed E-state index contributed by atoms with van der Waals surface area (Å²) in [4.78, 5) is 12.4. The molecule has 0 N–H and O–H groups in total. The molecule has 4 aromatic carbocycles. The van der Waals surface area contributed by atoms with Gasteiger partial charge in [-0.15, -0.1) is 0 Å². The average Bonchev–Trinajstić information content (AvgIpc) is 3.01. The van der Waals surface area contributed by atoms with E-state index in [1.54, 1.807) is 0 Å². The van der Waals surface area contributed by atoms with E-state index in [1.807, 2.05) is 38.1 Å². The van der Waals surface area contributed by atoms with Crippen LogP contribution in [0.2, 0.25) is 10.1 Å². The summed E-state index contributed by atoms with van der Waals surface area (Å²) in [5.41, 5.74) is -0.531. The van der Waals surface area contributed by atoms with Crippen molar-refractivity contribution < 1.29 is 9.22 Å². The van der Waals surface area contributed by atoms with Gasteiger partial charge in [0.2, 0.25) is 7.38 Å².